The zero-order chi connectivity index (χ0) is 19.1. The minimum atomic E-state index is -0.714. The van der Waals surface area contributed by atoms with Gasteiger partial charge in [-0.25, -0.2) is 13.2 Å². The van der Waals surface area contributed by atoms with Gasteiger partial charge in [-0.2, -0.15) is 0 Å². The van der Waals surface area contributed by atoms with Gasteiger partial charge in [-0.3, -0.25) is 9.59 Å². The molecule has 1 unspecified atom stereocenters. The van der Waals surface area contributed by atoms with E-state index in [1.54, 1.807) is 6.92 Å². The smallest absolute Gasteiger partial charge is 0.234 e. The standard InChI is InChI=1S/C18H17F3N2O2S/c1-11(18(25)22-9-12-6-14(20)8-15(21)7-12)26-10-17(24)23-16-4-2-13(19)3-5-16/h2-8,11H,9-10H2,1H3,(H,22,25)(H,23,24). The van der Waals surface area contributed by atoms with Crippen molar-refractivity contribution < 1.29 is 22.8 Å². The van der Waals surface area contributed by atoms with Crippen molar-refractivity contribution in [1.29, 1.82) is 0 Å². The first-order valence-electron chi connectivity index (χ1n) is 7.73. The van der Waals surface area contributed by atoms with Crippen LogP contribution in [0.4, 0.5) is 18.9 Å². The molecule has 0 spiro atoms. The summed E-state index contributed by atoms with van der Waals surface area (Å²) in [6.07, 6.45) is 0. The molecule has 2 aromatic rings. The van der Waals surface area contributed by atoms with Crippen LogP contribution < -0.4 is 10.6 Å². The second-order valence-corrected chi connectivity index (χ2v) is 6.83. The average molecular weight is 382 g/mol. The van der Waals surface area contributed by atoms with Gasteiger partial charge in [-0.1, -0.05) is 0 Å². The highest BCUT2D eigenvalue weighted by Gasteiger charge is 2.15. The van der Waals surface area contributed by atoms with Crippen LogP contribution in [-0.4, -0.2) is 22.8 Å². The summed E-state index contributed by atoms with van der Waals surface area (Å²) in [6, 6.07) is 8.36. The highest BCUT2D eigenvalue weighted by atomic mass is 32.2. The van der Waals surface area contributed by atoms with E-state index < -0.39 is 22.7 Å². The average Bonchev–Trinajstić information content (AvgIpc) is 2.58. The lowest BCUT2D eigenvalue weighted by Crippen LogP contribution is -2.31. The molecule has 0 aliphatic rings. The molecule has 2 aromatic carbocycles. The predicted molar refractivity (Wildman–Crippen MR) is 95.2 cm³/mol. The highest BCUT2D eigenvalue weighted by molar-refractivity contribution is 8.01. The SMILES string of the molecule is CC(SCC(=O)Nc1ccc(F)cc1)C(=O)NCc1cc(F)cc(F)c1. The Hall–Kier alpha value is -2.48. The molecular formula is C18H17F3N2O2S. The van der Waals surface area contributed by atoms with Crippen LogP contribution in [0.5, 0.6) is 0 Å². The summed E-state index contributed by atoms with van der Waals surface area (Å²) < 4.78 is 39.0. The lowest BCUT2D eigenvalue weighted by atomic mass is 10.2. The number of amides is 2. The van der Waals surface area contributed by atoms with Crippen molar-refractivity contribution in [2.24, 2.45) is 0 Å². The minimum Gasteiger partial charge on any atom is -0.351 e. The van der Waals surface area contributed by atoms with Crippen LogP contribution in [0.1, 0.15) is 12.5 Å². The Bertz CT molecular complexity index is 764. The number of carbonyl (C=O) groups is 2. The molecule has 0 aromatic heterocycles. The third-order valence-electron chi connectivity index (χ3n) is 3.35. The van der Waals surface area contributed by atoms with E-state index in [0.29, 0.717) is 11.3 Å². The maximum Gasteiger partial charge on any atom is 0.234 e. The van der Waals surface area contributed by atoms with E-state index in [2.05, 4.69) is 10.6 Å². The lowest BCUT2D eigenvalue weighted by molar-refractivity contribution is -0.120. The van der Waals surface area contributed by atoms with E-state index in [1.807, 2.05) is 0 Å². The fourth-order valence-electron chi connectivity index (χ4n) is 2.05. The molecule has 0 aliphatic heterocycles. The molecule has 0 saturated heterocycles. The largest absolute Gasteiger partial charge is 0.351 e. The maximum absolute atomic E-state index is 13.1. The number of hydrogen-bond donors (Lipinski definition) is 2. The quantitative estimate of drug-likeness (QED) is 0.771. The monoisotopic (exact) mass is 382 g/mol. The number of halogens is 3. The van der Waals surface area contributed by atoms with Crippen LogP contribution in [0.2, 0.25) is 0 Å². The van der Waals surface area contributed by atoms with Crippen molar-refractivity contribution in [3.05, 3.63) is 65.5 Å². The fraction of sp³-hybridized carbons (Fsp3) is 0.222. The zero-order valence-electron chi connectivity index (χ0n) is 13.9. The van der Waals surface area contributed by atoms with E-state index in [9.17, 15) is 22.8 Å². The van der Waals surface area contributed by atoms with Crippen molar-refractivity contribution in [3.63, 3.8) is 0 Å². The number of thioether (sulfide) groups is 1. The third-order valence-corrected chi connectivity index (χ3v) is 4.49. The number of carbonyl (C=O) groups excluding carboxylic acids is 2. The summed E-state index contributed by atoms with van der Waals surface area (Å²) >= 11 is 1.11. The minimum absolute atomic E-state index is 0.0137. The van der Waals surface area contributed by atoms with E-state index in [-0.39, 0.29) is 24.1 Å². The van der Waals surface area contributed by atoms with Crippen molar-refractivity contribution in [1.82, 2.24) is 5.32 Å². The van der Waals surface area contributed by atoms with E-state index in [4.69, 9.17) is 0 Å². The number of anilines is 1. The van der Waals surface area contributed by atoms with Crippen molar-refractivity contribution in [2.45, 2.75) is 18.7 Å². The van der Waals surface area contributed by atoms with Gasteiger partial charge >= 0.3 is 0 Å². The summed E-state index contributed by atoms with van der Waals surface area (Å²) in [6.45, 7) is 1.61. The number of benzene rings is 2. The molecule has 2 rings (SSSR count). The summed E-state index contributed by atoms with van der Waals surface area (Å²) in [7, 11) is 0. The molecule has 8 heteroatoms. The summed E-state index contributed by atoms with van der Waals surface area (Å²) in [5, 5.41) is 4.62. The molecule has 1 atom stereocenters. The molecule has 0 heterocycles. The van der Waals surface area contributed by atoms with Crippen molar-refractivity contribution in [3.8, 4) is 0 Å². The van der Waals surface area contributed by atoms with Gasteiger partial charge in [-0.05, 0) is 48.9 Å². The predicted octanol–water partition coefficient (Wildman–Crippen LogP) is 3.48. The molecule has 0 bridgehead atoms. The molecular weight excluding hydrogens is 365 g/mol. The topological polar surface area (TPSA) is 58.2 Å². The molecule has 0 saturated carbocycles. The molecule has 26 heavy (non-hydrogen) atoms. The summed E-state index contributed by atoms with van der Waals surface area (Å²) in [5.41, 5.74) is 0.768. The van der Waals surface area contributed by atoms with Crippen LogP contribution in [0, 0.1) is 17.5 Å². The van der Waals surface area contributed by atoms with Gasteiger partial charge in [0.1, 0.15) is 17.5 Å². The number of hydrogen-bond acceptors (Lipinski definition) is 3. The number of rotatable bonds is 7. The zero-order valence-corrected chi connectivity index (χ0v) is 14.7. The van der Waals surface area contributed by atoms with E-state index >= 15 is 0 Å². The van der Waals surface area contributed by atoms with Crippen molar-refractivity contribution in [2.75, 3.05) is 11.1 Å². The van der Waals surface area contributed by atoms with Gasteiger partial charge < -0.3 is 10.6 Å². The Morgan fingerprint density at radius 1 is 1.00 bits per heavy atom. The first-order chi connectivity index (χ1) is 12.3. The Morgan fingerprint density at radius 2 is 1.62 bits per heavy atom. The van der Waals surface area contributed by atoms with Gasteiger partial charge in [-0.15, -0.1) is 11.8 Å². The second-order valence-electron chi connectivity index (χ2n) is 5.50. The second kappa shape index (κ2) is 9.28. The van der Waals surface area contributed by atoms with Crippen LogP contribution in [0.25, 0.3) is 0 Å². The first kappa shape index (κ1) is 19.8. The van der Waals surface area contributed by atoms with Gasteiger partial charge in [0.25, 0.3) is 0 Å². The Labute approximate surface area is 153 Å². The van der Waals surface area contributed by atoms with Crippen LogP contribution in [0.15, 0.2) is 42.5 Å². The van der Waals surface area contributed by atoms with Crippen molar-refractivity contribution >= 4 is 29.3 Å². The molecule has 0 radical (unpaired) electrons. The lowest BCUT2D eigenvalue weighted by Gasteiger charge is -2.12. The molecule has 0 aliphatic carbocycles. The molecule has 138 valence electrons. The Morgan fingerprint density at radius 3 is 2.23 bits per heavy atom. The Kier molecular flexibility index (Phi) is 7.08. The first-order valence-corrected chi connectivity index (χ1v) is 8.78. The number of nitrogens with one attached hydrogen (secondary N) is 2. The molecule has 2 N–H and O–H groups in total. The van der Waals surface area contributed by atoms with Gasteiger partial charge in [0, 0.05) is 18.3 Å². The molecule has 2 amide bonds. The Balaban J connectivity index is 1.75. The molecule has 4 nitrogen and oxygen atoms in total. The highest BCUT2D eigenvalue weighted by Crippen LogP contribution is 2.14. The van der Waals surface area contributed by atoms with Gasteiger partial charge in [0.15, 0.2) is 0 Å². The fourth-order valence-corrected chi connectivity index (χ4v) is 2.76. The summed E-state index contributed by atoms with van der Waals surface area (Å²) in [5.74, 6) is -2.48. The maximum atomic E-state index is 13.1. The van der Waals surface area contributed by atoms with Gasteiger partial charge in [0.05, 0.1) is 11.0 Å². The van der Waals surface area contributed by atoms with Crippen LogP contribution >= 0.6 is 11.8 Å². The van der Waals surface area contributed by atoms with Crippen LogP contribution in [-0.2, 0) is 16.1 Å². The third kappa shape index (κ3) is 6.44. The van der Waals surface area contributed by atoms with E-state index in [1.165, 1.54) is 24.3 Å². The van der Waals surface area contributed by atoms with E-state index in [0.717, 1.165) is 30.0 Å². The molecule has 0 fully saturated rings. The normalized spacial score (nSPS) is 11.7. The summed E-state index contributed by atoms with van der Waals surface area (Å²) in [4.78, 5) is 23.8. The van der Waals surface area contributed by atoms with Crippen LogP contribution in [0.3, 0.4) is 0 Å². The van der Waals surface area contributed by atoms with Gasteiger partial charge in [0.2, 0.25) is 11.8 Å².